The summed E-state index contributed by atoms with van der Waals surface area (Å²) < 4.78 is 12.4. The van der Waals surface area contributed by atoms with Crippen LogP contribution < -0.4 is 14.8 Å². The minimum Gasteiger partial charge on any atom is -0.486 e. The number of aryl methyl sites for hydroxylation is 1. The van der Waals surface area contributed by atoms with Crippen molar-refractivity contribution in [2.24, 2.45) is 0 Å². The topological polar surface area (TPSA) is 66.6 Å². The van der Waals surface area contributed by atoms with Crippen LogP contribution in [0.3, 0.4) is 0 Å². The van der Waals surface area contributed by atoms with E-state index in [1.807, 2.05) is 18.2 Å². The summed E-state index contributed by atoms with van der Waals surface area (Å²) in [5, 5.41) is 3.02. The van der Waals surface area contributed by atoms with E-state index in [1.54, 1.807) is 11.3 Å². The van der Waals surface area contributed by atoms with E-state index in [4.69, 9.17) is 9.47 Å². The molecular formula is C21H23N3O3S. The molecule has 0 saturated carbocycles. The van der Waals surface area contributed by atoms with Gasteiger partial charge in [-0.1, -0.05) is 0 Å². The number of aromatic amines is 1. The first-order valence-corrected chi connectivity index (χ1v) is 10.5. The third-order valence-corrected chi connectivity index (χ3v) is 6.41. The summed E-state index contributed by atoms with van der Waals surface area (Å²) in [6.45, 7) is 6.19. The number of rotatable bonds is 4. The number of ether oxygens (including phenoxy) is 2. The summed E-state index contributed by atoms with van der Waals surface area (Å²) in [6.07, 6.45) is 2.46. The Balaban J connectivity index is 1.44. The van der Waals surface area contributed by atoms with Crippen molar-refractivity contribution < 1.29 is 14.3 Å². The third-order valence-electron chi connectivity index (χ3n) is 5.30. The van der Waals surface area contributed by atoms with Crippen LogP contribution in [0.4, 0.5) is 5.69 Å². The minimum atomic E-state index is -0.119. The molecule has 5 rings (SSSR count). The molecular weight excluding hydrogens is 374 g/mol. The first kappa shape index (κ1) is 17.6. The van der Waals surface area contributed by atoms with Crippen molar-refractivity contribution in [3.63, 3.8) is 0 Å². The highest BCUT2D eigenvalue weighted by Gasteiger charge is 2.23. The number of nitrogens with one attached hydrogen (secondary N) is 2. The van der Waals surface area contributed by atoms with Crippen LogP contribution in [0.25, 0.3) is 10.2 Å². The summed E-state index contributed by atoms with van der Waals surface area (Å²) >= 11 is 1.75. The lowest BCUT2D eigenvalue weighted by Crippen LogP contribution is -2.21. The van der Waals surface area contributed by atoms with Gasteiger partial charge in [-0.25, -0.2) is 0 Å². The van der Waals surface area contributed by atoms with E-state index in [9.17, 15) is 4.79 Å². The predicted octanol–water partition coefficient (Wildman–Crippen LogP) is 4.16. The largest absolute Gasteiger partial charge is 0.486 e. The molecule has 2 aliphatic heterocycles. The summed E-state index contributed by atoms with van der Waals surface area (Å²) in [7, 11) is 0. The van der Waals surface area contributed by atoms with Gasteiger partial charge in [0.15, 0.2) is 11.5 Å². The molecule has 6 nitrogen and oxygen atoms in total. The lowest BCUT2D eigenvalue weighted by molar-refractivity contribution is 0.102. The Morgan fingerprint density at radius 2 is 1.96 bits per heavy atom. The van der Waals surface area contributed by atoms with Crippen LogP contribution in [0.5, 0.6) is 11.5 Å². The fraction of sp³-hybridized carbons (Fsp3) is 0.381. The second-order valence-corrected chi connectivity index (χ2v) is 8.63. The van der Waals surface area contributed by atoms with E-state index in [1.165, 1.54) is 22.4 Å². The molecule has 1 aromatic carbocycles. The van der Waals surface area contributed by atoms with Crippen LogP contribution in [0.2, 0.25) is 0 Å². The number of aromatic nitrogens is 1. The molecule has 28 heavy (non-hydrogen) atoms. The maximum atomic E-state index is 13.1. The van der Waals surface area contributed by atoms with Crippen molar-refractivity contribution in [2.45, 2.75) is 26.3 Å². The number of likely N-dealkylation sites (tertiary alicyclic amines) is 1. The molecule has 0 spiro atoms. The fourth-order valence-corrected chi connectivity index (χ4v) is 4.99. The zero-order valence-corrected chi connectivity index (χ0v) is 16.7. The molecule has 0 bridgehead atoms. The van der Waals surface area contributed by atoms with Gasteiger partial charge in [-0.2, -0.15) is 0 Å². The molecule has 7 heteroatoms. The number of amides is 1. The fourth-order valence-electron chi connectivity index (χ4n) is 3.98. The minimum absolute atomic E-state index is 0.119. The number of hydrogen-bond donors (Lipinski definition) is 2. The quantitative estimate of drug-likeness (QED) is 0.694. The number of carbonyl (C=O) groups is 1. The van der Waals surface area contributed by atoms with E-state index >= 15 is 0 Å². The molecule has 4 heterocycles. The molecule has 146 valence electrons. The van der Waals surface area contributed by atoms with Crippen molar-refractivity contribution >= 4 is 33.1 Å². The summed E-state index contributed by atoms with van der Waals surface area (Å²) in [6, 6.07) is 7.63. The molecule has 0 atom stereocenters. The SMILES string of the molecule is Cc1cc2[nH]c(C(=O)Nc3ccc4c(c3)OCCO4)c(CN3CCCC3)c2s1. The van der Waals surface area contributed by atoms with Crippen molar-refractivity contribution in [2.75, 3.05) is 31.6 Å². The first-order valence-electron chi connectivity index (χ1n) is 9.72. The number of H-pyrrole nitrogens is 1. The van der Waals surface area contributed by atoms with Gasteiger partial charge in [-0.15, -0.1) is 11.3 Å². The number of hydrogen-bond acceptors (Lipinski definition) is 5. The highest BCUT2D eigenvalue weighted by atomic mass is 32.1. The van der Waals surface area contributed by atoms with Gasteiger partial charge in [0.25, 0.3) is 5.91 Å². The smallest absolute Gasteiger partial charge is 0.272 e. The Bertz CT molecular complexity index is 1030. The van der Waals surface area contributed by atoms with E-state index in [-0.39, 0.29) is 5.91 Å². The standard InChI is InChI=1S/C21H23N3O3S/c1-13-10-16-20(28-13)15(12-24-6-2-3-7-24)19(23-16)21(25)22-14-4-5-17-18(11-14)27-9-8-26-17/h4-5,10-11,23H,2-3,6-9,12H2,1H3,(H,22,25). The Hall–Kier alpha value is -2.51. The van der Waals surface area contributed by atoms with E-state index in [0.29, 0.717) is 30.3 Å². The van der Waals surface area contributed by atoms with Gasteiger partial charge in [0, 0.05) is 28.7 Å². The van der Waals surface area contributed by atoms with Crippen molar-refractivity contribution in [1.29, 1.82) is 0 Å². The second-order valence-electron chi connectivity index (χ2n) is 7.37. The van der Waals surface area contributed by atoms with E-state index in [2.05, 4.69) is 28.2 Å². The van der Waals surface area contributed by atoms with Gasteiger partial charge in [0.05, 0.1) is 10.2 Å². The van der Waals surface area contributed by atoms with Gasteiger partial charge < -0.3 is 19.8 Å². The summed E-state index contributed by atoms with van der Waals surface area (Å²) in [4.78, 5) is 20.1. The summed E-state index contributed by atoms with van der Waals surface area (Å²) in [5.74, 6) is 1.27. The van der Waals surface area contributed by atoms with Gasteiger partial charge in [0.1, 0.15) is 18.9 Å². The van der Waals surface area contributed by atoms with Crippen LogP contribution in [-0.2, 0) is 6.54 Å². The van der Waals surface area contributed by atoms with E-state index in [0.717, 1.165) is 36.5 Å². The Morgan fingerprint density at radius 3 is 2.79 bits per heavy atom. The third kappa shape index (κ3) is 3.25. The first-order chi connectivity index (χ1) is 13.7. The molecule has 0 unspecified atom stereocenters. The van der Waals surface area contributed by atoms with Crippen molar-refractivity contribution in [3.8, 4) is 11.5 Å². The molecule has 0 radical (unpaired) electrons. The van der Waals surface area contributed by atoms with E-state index < -0.39 is 0 Å². The molecule has 1 fully saturated rings. The number of fused-ring (bicyclic) bond motifs is 2. The number of carbonyl (C=O) groups excluding carboxylic acids is 1. The average Bonchev–Trinajstić information content (AvgIpc) is 3.40. The molecule has 1 saturated heterocycles. The lowest BCUT2D eigenvalue weighted by Gasteiger charge is -2.19. The Labute approximate surface area is 167 Å². The maximum absolute atomic E-state index is 13.1. The lowest BCUT2D eigenvalue weighted by atomic mass is 10.2. The highest BCUT2D eigenvalue weighted by Crippen LogP contribution is 2.34. The van der Waals surface area contributed by atoms with Crippen LogP contribution in [0.15, 0.2) is 24.3 Å². The van der Waals surface area contributed by atoms with Crippen LogP contribution in [-0.4, -0.2) is 42.1 Å². The van der Waals surface area contributed by atoms with Crippen LogP contribution in [0.1, 0.15) is 33.8 Å². The monoisotopic (exact) mass is 397 g/mol. The molecule has 3 aromatic rings. The summed E-state index contributed by atoms with van der Waals surface area (Å²) in [5.41, 5.74) is 3.51. The van der Waals surface area contributed by atoms with Crippen molar-refractivity contribution in [1.82, 2.24) is 9.88 Å². The Kier molecular flexibility index (Phi) is 4.49. The Morgan fingerprint density at radius 1 is 1.18 bits per heavy atom. The molecule has 2 aromatic heterocycles. The molecule has 1 amide bonds. The van der Waals surface area contributed by atoms with Crippen molar-refractivity contribution in [3.05, 3.63) is 40.4 Å². The number of thiophene rings is 1. The zero-order chi connectivity index (χ0) is 19.1. The molecule has 0 aliphatic carbocycles. The van der Waals surface area contributed by atoms with Crippen LogP contribution >= 0.6 is 11.3 Å². The highest BCUT2D eigenvalue weighted by molar-refractivity contribution is 7.19. The second kappa shape index (κ2) is 7.14. The maximum Gasteiger partial charge on any atom is 0.272 e. The molecule has 2 N–H and O–H groups in total. The molecule has 2 aliphatic rings. The van der Waals surface area contributed by atoms with Crippen LogP contribution in [0, 0.1) is 6.92 Å². The van der Waals surface area contributed by atoms with Gasteiger partial charge >= 0.3 is 0 Å². The van der Waals surface area contributed by atoms with Gasteiger partial charge in [-0.3, -0.25) is 9.69 Å². The number of nitrogens with zero attached hydrogens (tertiary/aromatic N) is 1. The predicted molar refractivity (Wildman–Crippen MR) is 111 cm³/mol. The average molecular weight is 398 g/mol. The van der Waals surface area contributed by atoms with Gasteiger partial charge in [-0.05, 0) is 51.1 Å². The normalized spacial score (nSPS) is 16.6. The van der Waals surface area contributed by atoms with Gasteiger partial charge in [0.2, 0.25) is 0 Å². The zero-order valence-electron chi connectivity index (χ0n) is 15.8. The number of benzene rings is 1. The number of anilines is 1.